The van der Waals surface area contributed by atoms with Crippen LogP contribution in [-0.4, -0.2) is 39.0 Å². The highest BCUT2D eigenvalue weighted by Gasteiger charge is 2.37. The smallest absolute Gasteiger partial charge is 0.417 e. The van der Waals surface area contributed by atoms with Crippen molar-refractivity contribution in [1.29, 1.82) is 0 Å². The molecule has 4 rings (SSSR count). The summed E-state index contributed by atoms with van der Waals surface area (Å²) in [6.07, 6.45) is -3.28. The fraction of sp³-hybridized carbons (Fsp3) is 0.333. The molecule has 1 fully saturated rings. The molecular formula is C21H22F3N3O3S. The molecular weight excluding hydrogens is 431 g/mol. The van der Waals surface area contributed by atoms with E-state index in [0.29, 0.717) is 23.6 Å². The Labute approximate surface area is 178 Å². The maximum Gasteiger partial charge on any atom is 0.417 e. The number of furan rings is 1. The minimum absolute atomic E-state index is 0.184. The van der Waals surface area contributed by atoms with Gasteiger partial charge in [0.15, 0.2) is 0 Å². The quantitative estimate of drug-likeness (QED) is 0.610. The first-order valence-electron chi connectivity index (χ1n) is 9.78. The molecule has 1 aliphatic heterocycles. The van der Waals surface area contributed by atoms with Gasteiger partial charge in [0.1, 0.15) is 5.58 Å². The molecule has 0 saturated carbocycles. The van der Waals surface area contributed by atoms with Crippen LogP contribution in [0.2, 0.25) is 0 Å². The lowest BCUT2D eigenvalue weighted by Crippen LogP contribution is -2.48. The van der Waals surface area contributed by atoms with Gasteiger partial charge in [-0.3, -0.25) is 9.62 Å². The summed E-state index contributed by atoms with van der Waals surface area (Å²) in [7, 11) is -4.46. The summed E-state index contributed by atoms with van der Waals surface area (Å²) in [5, 5.41) is 4.03. The number of benzene rings is 2. The summed E-state index contributed by atoms with van der Waals surface area (Å²) < 4.78 is 73.5. The summed E-state index contributed by atoms with van der Waals surface area (Å²) in [4.78, 5) is 1.41. The second-order valence-corrected chi connectivity index (χ2v) is 9.31. The zero-order valence-electron chi connectivity index (χ0n) is 16.7. The van der Waals surface area contributed by atoms with Crippen LogP contribution in [0.3, 0.4) is 0 Å². The Bertz CT molecular complexity index is 1190. The molecule has 0 radical (unpaired) electrons. The van der Waals surface area contributed by atoms with E-state index in [4.69, 9.17) is 4.42 Å². The first kappa shape index (κ1) is 21.7. The summed E-state index contributed by atoms with van der Waals surface area (Å²) in [5.74, 6) is 0. The Morgan fingerprint density at radius 2 is 2.00 bits per heavy atom. The van der Waals surface area contributed by atoms with E-state index in [-0.39, 0.29) is 5.69 Å². The van der Waals surface area contributed by atoms with Gasteiger partial charge in [-0.1, -0.05) is 12.1 Å². The number of hydrogen-bond donors (Lipinski definition) is 2. The second-order valence-electron chi connectivity index (χ2n) is 7.66. The number of alkyl halides is 3. The SMILES string of the molecule is CC1CN(Cc2cc(NS(=O)(=O)c3ccccc3C(F)(F)F)cc3ccoc23)CCN1. The van der Waals surface area contributed by atoms with E-state index in [2.05, 4.69) is 21.9 Å². The number of hydrogen-bond acceptors (Lipinski definition) is 5. The van der Waals surface area contributed by atoms with Crippen molar-refractivity contribution in [3.63, 3.8) is 0 Å². The summed E-state index contributed by atoms with van der Waals surface area (Å²) in [6, 6.07) is 9.31. The molecule has 1 saturated heterocycles. The molecule has 6 nitrogen and oxygen atoms in total. The van der Waals surface area contributed by atoms with Gasteiger partial charge in [0.25, 0.3) is 10.0 Å². The van der Waals surface area contributed by atoms with Crippen LogP contribution >= 0.6 is 0 Å². The van der Waals surface area contributed by atoms with E-state index in [1.54, 1.807) is 18.2 Å². The van der Waals surface area contributed by atoms with Crippen molar-refractivity contribution in [3.05, 3.63) is 59.9 Å². The van der Waals surface area contributed by atoms with Crippen molar-refractivity contribution in [2.75, 3.05) is 24.4 Å². The molecule has 0 spiro atoms. The van der Waals surface area contributed by atoms with E-state index >= 15 is 0 Å². The van der Waals surface area contributed by atoms with E-state index in [9.17, 15) is 21.6 Å². The van der Waals surface area contributed by atoms with E-state index < -0.39 is 26.7 Å². The van der Waals surface area contributed by atoms with Gasteiger partial charge in [0.2, 0.25) is 0 Å². The molecule has 0 amide bonds. The summed E-state index contributed by atoms with van der Waals surface area (Å²) in [6.45, 7) is 5.09. The Morgan fingerprint density at radius 1 is 1.23 bits per heavy atom. The monoisotopic (exact) mass is 453 g/mol. The maximum absolute atomic E-state index is 13.3. The molecule has 2 heterocycles. The van der Waals surface area contributed by atoms with Gasteiger partial charge in [-0.05, 0) is 37.3 Å². The Kier molecular flexibility index (Phi) is 5.71. The van der Waals surface area contributed by atoms with Crippen molar-refractivity contribution >= 4 is 26.7 Å². The Morgan fingerprint density at radius 3 is 2.74 bits per heavy atom. The molecule has 31 heavy (non-hydrogen) atoms. The molecule has 1 unspecified atom stereocenters. The number of fused-ring (bicyclic) bond motifs is 1. The first-order chi connectivity index (χ1) is 14.6. The minimum atomic E-state index is -4.79. The Hall–Kier alpha value is -2.56. The number of anilines is 1. The molecule has 1 aromatic heterocycles. The zero-order chi connectivity index (χ0) is 22.2. The number of piperazine rings is 1. The number of halogens is 3. The van der Waals surface area contributed by atoms with Crippen LogP contribution in [0.1, 0.15) is 18.1 Å². The third-order valence-electron chi connectivity index (χ3n) is 5.21. The van der Waals surface area contributed by atoms with Crippen LogP contribution < -0.4 is 10.0 Å². The lowest BCUT2D eigenvalue weighted by Gasteiger charge is -2.31. The third kappa shape index (κ3) is 4.70. The van der Waals surface area contributed by atoms with Crippen molar-refractivity contribution in [3.8, 4) is 0 Å². The fourth-order valence-electron chi connectivity index (χ4n) is 3.87. The van der Waals surface area contributed by atoms with E-state index in [1.165, 1.54) is 12.3 Å². The van der Waals surface area contributed by atoms with Crippen LogP contribution in [0.15, 0.2) is 58.0 Å². The van der Waals surface area contributed by atoms with Crippen molar-refractivity contribution in [1.82, 2.24) is 10.2 Å². The summed E-state index contributed by atoms with van der Waals surface area (Å²) in [5.41, 5.74) is 0.370. The largest absolute Gasteiger partial charge is 0.464 e. The lowest BCUT2D eigenvalue weighted by atomic mass is 10.1. The first-order valence-corrected chi connectivity index (χ1v) is 11.3. The van der Waals surface area contributed by atoms with Gasteiger partial charge in [-0.2, -0.15) is 13.2 Å². The van der Waals surface area contributed by atoms with Gasteiger partial charge in [0.05, 0.1) is 22.4 Å². The minimum Gasteiger partial charge on any atom is -0.464 e. The zero-order valence-corrected chi connectivity index (χ0v) is 17.6. The van der Waals surface area contributed by atoms with E-state index in [0.717, 1.165) is 43.4 Å². The molecule has 1 atom stereocenters. The average molecular weight is 453 g/mol. The van der Waals surface area contributed by atoms with Crippen LogP contribution in [0.4, 0.5) is 18.9 Å². The molecule has 2 aromatic carbocycles. The van der Waals surface area contributed by atoms with E-state index in [1.807, 2.05) is 0 Å². The van der Waals surface area contributed by atoms with Gasteiger partial charge < -0.3 is 9.73 Å². The third-order valence-corrected chi connectivity index (χ3v) is 6.65. The highest BCUT2D eigenvalue weighted by atomic mass is 32.2. The standard InChI is InChI=1S/C21H22F3N3O3S/c1-14-12-27(8-7-25-14)13-16-11-17(10-15-6-9-30-20(15)16)26-31(28,29)19-5-3-2-4-18(19)21(22,23)24/h2-6,9-11,14,25-26H,7-8,12-13H2,1H3. The fourth-order valence-corrected chi connectivity index (χ4v) is 5.14. The van der Waals surface area contributed by atoms with Gasteiger partial charge in [-0.25, -0.2) is 8.42 Å². The topological polar surface area (TPSA) is 74.6 Å². The normalized spacial score (nSPS) is 18.4. The molecule has 0 bridgehead atoms. The summed E-state index contributed by atoms with van der Waals surface area (Å²) >= 11 is 0. The van der Waals surface area contributed by atoms with Crippen molar-refractivity contribution in [2.45, 2.75) is 30.6 Å². The lowest BCUT2D eigenvalue weighted by molar-refractivity contribution is -0.139. The molecule has 166 valence electrons. The molecule has 10 heteroatoms. The highest BCUT2D eigenvalue weighted by molar-refractivity contribution is 7.92. The van der Waals surface area contributed by atoms with Gasteiger partial charge in [0, 0.05) is 43.2 Å². The molecule has 2 N–H and O–H groups in total. The van der Waals surface area contributed by atoms with Crippen molar-refractivity contribution in [2.24, 2.45) is 0 Å². The van der Waals surface area contributed by atoms with Gasteiger partial charge in [-0.15, -0.1) is 0 Å². The van der Waals surface area contributed by atoms with Gasteiger partial charge >= 0.3 is 6.18 Å². The van der Waals surface area contributed by atoms with Crippen LogP contribution in [-0.2, 0) is 22.7 Å². The second kappa shape index (κ2) is 8.18. The molecule has 1 aliphatic rings. The number of sulfonamides is 1. The van der Waals surface area contributed by atoms with Crippen LogP contribution in [0.5, 0.6) is 0 Å². The predicted octanol–water partition coefficient (Wildman–Crippen LogP) is 4.05. The number of nitrogens with zero attached hydrogens (tertiary/aromatic N) is 1. The predicted molar refractivity (Wildman–Crippen MR) is 111 cm³/mol. The highest BCUT2D eigenvalue weighted by Crippen LogP contribution is 2.35. The maximum atomic E-state index is 13.3. The number of nitrogens with one attached hydrogen (secondary N) is 2. The van der Waals surface area contributed by atoms with Crippen LogP contribution in [0, 0.1) is 0 Å². The molecule has 0 aliphatic carbocycles. The van der Waals surface area contributed by atoms with Crippen molar-refractivity contribution < 1.29 is 26.0 Å². The Balaban J connectivity index is 1.68. The molecule has 3 aromatic rings. The average Bonchev–Trinajstić information content (AvgIpc) is 3.16. The number of rotatable bonds is 5. The van der Waals surface area contributed by atoms with Crippen LogP contribution in [0.25, 0.3) is 11.0 Å².